The van der Waals surface area contributed by atoms with Crippen molar-refractivity contribution in [2.24, 2.45) is 0 Å². The highest BCUT2D eigenvalue weighted by Crippen LogP contribution is 2.30. The maximum absolute atomic E-state index is 12.5. The average molecular weight is 372 g/mol. The van der Waals surface area contributed by atoms with Gasteiger partial charge in [0.2, 0.25) is 0 Å². The minimum Gasteiger partial charge on any atom is -0.493 e. The maximum Gasteiger partial charge on any atom is 0.259 e. The molecule has 2 N–H and O–H groups in total. The second-order valence-corrected chi connectivity index (χ2v) is 7.59. The smallest absolute Gasteiger partial charge is 0.259 e. The number of nitrogens with one attached hydrogen (secondary N) is 2. The summed E-state index contributed by atoms with van der Waals surface area (Å²) in [6.45, 7) is 3.98. The van der Waals surface area contributed by atoms with Crippen molar-refractivity contribution in [3.8, 4) is 11.5 Å². The number of H-pyrrole nitrogens is 1. The molecule has 4 rings (SSSR count). The molecule has 6 nitrogen and oxygen atoms in total. The van der Waals surface area contributed by atoms with Gasteiger partial charge in [-0.05, 0) is 24.4 Å². The molecule has 0 fully saturated rings. The molecule has 7 heteroatoms. The third-order valence-corrected chi connectivity index (χ3v) is 6.18. The van der Waals surface area contributed by atoms with E-state index in [4.69, 9.17) is 9.47 Å². The molecule has 1 aliphatic rings. The number of nitrogens with zero attached hydrogens (tertiary/aromatic N) is 1. The van der Waals surface area contributed by atoms with Gasteiger partial charge in [-0.25, -0.2) is 4.98 Å². The van der Waals surface area contributed by atoms with Crippen molar-refractivity contribution in [1.29, 1.82) is 0 Å². The Balaban J connectivity index is 1.68. The quantitative estimate of drug-likeness (QED) is 0.732. The molecule has 0 saturated heterocycles. The lowest BCUT2D eigenvalue weighted by molar-refractivity contribution is -0.945. The molecule has 0 saturated carbocycles. The minimum atomic E-state index is -0.147. The molecule has 0 amide bonds. The fourth-order valence-corrected chi connectivity index (χ4v) is 4.68. The van der Waals surface area contributed by atoms with Crippen LogP contribution in [0.25, 0.3) is 10.9 Å². The van der Waals surface area contributed by atoms with Crippen molar-refractivity contribution in [3.63, 3.8) is 0 Å². The van der Waals surface area contributed by atoms with Crippen molar-refractivity contribution in [2.45, 2.75) is 25.9 Å². The SMILES string of the molecule is COc1cc2nc(C[NH+]3CCc4sccc4[C@H]3C)[nH]c(=O)c2cc1OC. The molecule has 136 valence electrons. The van der Waals surface area contributed by atoms with E-state index in [0.717, 1.165) is 13.0 Å². The number of hydrogen-bond donors (Lipinski definition) is 2. The first-order valence-corrected chi connectivity index (χ1v) is 9.54. The van der Waals surface area contributed by atoms with E-state index >= 15 is 0 Å². The zero-order valence-corrected chi connectivity index (χ0v) is 15.9. The Kier molecular flexibility index (Phi) is 4.42. The van der Waals surface area contributed by atoms with E-state index in [1.54, 1.807) is 26.4 Å². The number of aromatic amines is 1. The summed E-state index contributed by atoms with van der Waals surface area (Å²) < 4.78 is 10.6. The number of methoxy groups -OCH3 is 2. The Hall–Kier alpha value is -2.38. The number of rotatable bonds is 4. The van der Waals surface area contributed by atoms with Crippen LogP contribution in [0.4, 0.5) is 0 Å². The summed E-state index contributed by atoms with van der Waals surface area (Å²) in [5.74, 6) is 1.81. The van der Waals surface area contributed by atoms with E-state index < -0.39 is 0 Å². The summed E-state index contributed by atoms with van der Waals surface area (Å²) in [7, 11) is 3.13. The van der Waals surface area contributed by atoms with Crippen LogP contribution in [-0.4, -0.2) is 30.7 Å². The van der Waals surface area contributed by atoms with Crippen LogP contribution in [0, 0.1) is 0 Å². The predicted molar refractivity (Wildman–Crippen MR) is 101 cm³/mol. The van der Waals surface area contributed by atoms with E-state index in [-0.39, 0.29) is 5.56 Å². The van der Waals surface area contributed by atoms with Gasteiger partial charge in [0.1, 0.15) is 12.6 Å². The first-order valence-electron chi connectivity index (χ1n) is 8.66. The molecule has 0 bridgehead atoms. The van der Waals surface area contributed by atoms with Crippen LogP contribution in [0.3, 0.4) is 0 Å². The summed E-state index contributed by atoms with van der Waals surface area (Å²) in [5.41, 5.74) is 1.90. The summed E-state index contributed by atoms with van der Waals surface area (Å²) in [6.07, 6.45) is 1.08. The molecule has 3 aromatic rings. The molecule has 2 aromatic heterocycles. The van der Waals surface area contributed by atoms with Crippen LogP contribution in [-0.2, 0) is 13.0 Å². The normalized spacial score (nSPS) is 19.3. The maximum atomic E-state index is 12.5. The Labute approximate surface area is 155 Å². The number of ether oxygens (including phenoxy) is 2. The van der Waals surface area contributed by atoms with Crippen molar-refractivity contribution in [1.82, 2.24) is 9.97 Å². The van der Waals surface area contributed by atoms with Gasteiger partial charge in [0.25, 0.3) is 5.56 Å². The molecule has 0 radical (unpaired) electrons. The van der Waals surface area contributed by atoms with Crippen LogP contribution in [0.15, 0.2) is 28.4 Å². The first-order chi connectivity index (χ1) is 12.6. The van der Waals surface area contributed by atoms with Gasteiger partial charge >= 0.3 is 0 Å². The van der Waals surface area contributed by atoms with Crippen LogP contribution in [0.5, 0.6) is 11.5 Å². The molecule has 26 heavy (non-hydrogen) atoms. The van der Waals surface area contributed by atoms with E-state index in [1.807, 2.05) is 11.3 Å². The summed E-state index contributed by atoms with van der Waals surface area (Å²) in [4.78, 5) is 23.1. The highest BCUT2D eigenvalue weighted by molar-refractivity contribution is 7.10. The van der Waals surface area contributed by atoms with Crippen LogP contribution in [0.1, 0.15) is 29.2 Å². The zero-order valence-electron chi connectivity index (χ0n) is 15.1. The second kappa shape index (κ2) is 6.74. The molecule has 1 aliphatic heterocycles. The highest BCUT2D eigenvalue weighted by Gasteiger charge is 2.28. The van der Waals surface area contributed by atoms with Crippen molar-refractivity contribution >= 4 is 22.2 Å². The lowest BCUT2D eigenvalue weighted by Crippen LogP contribution is -3.11. The number of aromatic nitrogens is 2. The van der Waals surface area contributed by atoms with Gasteiger partial charge in [0.15, 0.2) is 17.3 Å². The highest BCUT2D eigenvalue weighted by atomic mass is 32.1. The Bertz CT molecular complexity index is 1010. The van der Waals surface area contributed by atoms with Gasteiger partial charge in [0, 0.05) is 22.9 Å². The van der Waals surface area contributed by atoms with Gasteiger partial charge in [-0.3, -0.25) is 4.79 Å². The van der Waals surface area contributed by atoms with Crippen LogP contribution < -0.4 is 19.9 Å². The minimum absolute atomic E-state index is 0.147. The fourth-order valence-electron chi connectivity index (χ4n) is 3.70. The van der Waals surface area contributed by atoms with E-state index in [0.29, 0.717) is 40.8 Å². The lowest BCUT2D eigenvalue weighted by Gasteiger charge is -2.30. The van der Waals surface area contributed by atoms with Gasteiger partial charge in [-0.1, -0.05) is 0 Å². The summed E-state index contributed by atoms with van der Waals surface area (Å²) in [6, 6.07) is 6.06. The number of benzene rings is 1. The largest absolute Gasteiger partial charge is 0.493 e. The number of fused-ring (bicyclic) bond motifs is 2. The predicted octanol–water partition coefficient (Wildman–Crippen LogP) is 1.70. The standard InChI is InChI=1S/C19H21N3O3S/c1-11-12-5-7-26-17(12)4-6-22(11)10-18-20-14-9-16(25-3)15(24-2)8-13(14)19(23)21-18/h5,7-9,11H,4,6,10H2,1-3H3,(H,20,21,23)/p+1/t11-/m1/s1. The molecule has 1 aromatic carbocycles. The van der Waals surface area contributed by atoms with Gasteiger partial charge in [-0.15, -0.1) is 11.3 Å². The zero-order chi connectivity index (χ0) is 18.3. The summed E-state index contributed by atoms with van der Waals surface area (Å²) >= 11 is 1.84. The fraction of sp³-hybridized carbons (Fsp3) is 0.368. The van der Waals surface area contributed by atoms with E-state index in [1.165, 1.54) is 15.3 Å². The third kappa shape index (κ3) is 2.87. The Morgan fingerprint density at radius 2 is 2.08 bits per heavy atom. The Morgan fingerprint density at radius 3 is 2.85 bits per heavy atom. The van der Waals surface area contributed by atoms with Gasteiger partial charge in [0.05, 0.1) is 31.7 Å². The molecule has 0 aliphatic carbocycles. The molecule has 1 unspecified atom stereocenters. The summed E-state index contributed by atoms with van der Waals surface area (Å²) in [5, 5.41) is 2.67. The van der Waals surface area contributed by atoms with Crippen molar-refractivity contribution in [3.05, 3.63) is 50.2 Å². The molecule has 0 spiro atoms. The number of quaternary nitrogens is 1. The van der Waals surface area contributed by atoms with Crippen LogP contribution in [0.2, 0.25) is 0 Å². The van der Waals surface area contributed by atoms with Crippen molar-refractivity contribution < 1.29 is 14.4 Å². The molecular weight excluding hydrogens is 350 g/mol. The average Bonchev–Trinajstić information content (AvgIpc) is 3.12. The lowest BCUT2D eigenvalue weighted by atomic mass is 10.0. The monoisotopic (exact) mass is 372 g/mol. The molecular formula is C19H22N3O3S+. The topological polar surface area (TPSA) is 68.7 Å². The van der Waals surface area contributed by atoms with Crippen molar-refractivity contribution in [2.75, 3.05) is 20.8 Å². The molecule has 3 heterocycles. The second-order valence-electron chi connectivity index (χ2n) is 6.59. The van der Waals surface area contributed by atoms with E-state index in [2.05, 4.69) is 28.3 Å². The number of thiophene rings is 1. The Morgan fingerprint density at radius 1 is 1.31 bits per heavy atom. The third-order valence-electron chi connectivity index (χ3n) is 5.19. The van der Waals surface area contributed by atoms with Gasteiger partial charge in [-0.2, -0.15) is 0 Å². The first kappa shape index (κ1) is 17.1. The van der Waals surface area contributed by atoms with Crippen LogP contribution >= 0.6 is 11.3 Å². The van der Waals surface area contributed by atoms with E-state index in [9.17, 15) is 4.79 Å². The number of hydrogen-bond acceptors (Lipinski definition) is 5. The van der Waals surface area contributed by atoms with Gasteiger partial charge < -0.3 is 19.4 Å². The molecule has 2 atom stereocenters.